The second-order valence-electron chi connectivity index (χ2n) is 3.45. The molecule has 0 saturated heterocycles. The van der Waals surface area contributed by atoms with Crippen molar-refractivity contribution in [1.82, 2.24) is 9.78 Å². The zero-order chi connectivity index (χ0) is 11.0. The van der Waals surface area contributed by atoms with Crippen molar-refractivity contribution in [1.29, 1.82) is 0 Å². The molecule has 1 atom stereocenters. The van der Waals surface area contributed by atoms with Crippen LogP contribution in [0.25, 0.3) is 0 Å². The summed E-state index contributed by atoms with van der Waals surface area (Å²) in [4.78, 5) is 1.19. The molecule has 2 heterocycles. The highest BCUT2D eigenvalue weighted by Crippen LogP contribution is 2.30. The summed E-state index contributed by atoms with van der Waals surface area (Å²) >= 11 is 5.16. The van der Waals surface area contributed by atoms with Crippen LogP contribution in [0.2, 0.25) is 0 Å². The molecule has 0 radical (unpaired) electrons. The minimum atomic E-state index is -0.105. The molecular formula is C10H12BrN3S. The quantitative estimate of drug-likeness (QED) is 0.922. The normalized spacial score (nSPS) is 13.1. The predicted molar refractivity (Wildman–Crippen MR) is 66.0 cm³/mol. The lowest BCUT2D eigenvalue weighted by Gasteiger charge is -2.12. The molecule has 0 aliphatic carbocycles. The smallest absolute Gasteiger partial charge is 0.0831 e. The molecule has 0 fully saturated rings. The molecule has 3 nitrogen and oxygen atoms in total. The summed E-state index contributed by atoms with van der Waals surface area (Å²) in [5.41, 5.74) is 8.48. The van der Waals surface area contributed by atoms with Gasteiger partial charge in [-0.2, -0.15) is 5.10 Å². The topological polar surface area (TPSA) is 43.8 Å². The molecule has 0 bridgehead atoms. The van der Waals surface area contributed by atoms with E-state index in [9.17, 15) is 0 Å². The summed E-state index contributed by atoms with van der Waals surface area (Å²) < 4.78 is 2.78. The van der Waals surface area contributed by atoms with Crippen LogP contribution in [0.3, 0.4) is 0 Å². The molecule has 2 aromatic rings. The lowest BCUT2D eigenvalue weighted by molar-refractivity contribution is 0.675. The molecule has 0 saturated carbocycles. The number of nitrogens with zero attached hydrogens (tertiary/aromatic N) is 2. The maximum atomic E-state index is 6.23. The number of thiophene rings is 1. The molecule has 5 heteroatoms. The standard InChI is InChI=1S/C10H12BrN3S/c1-6-3-4-15-10(6)8(12)9-7(11)5-13-14(9)2/h3-5,8H,12H2,1-2H3. The maximum absolute atomic E-state index is 6.23. The summed E-state index contributed by atoms with van der Waals surface area (Å²) in [6.07, 6.45) is 1.78. The summed E-state index contributed by atoms with van der Waals surface area (Å²) in [5.74, 6) is 0. The van der Waals surface area contributed by atoms with Crippen LogP contribution in [-0.2, 0) is 7.05 Å². The van der Waals surface area contributed by atoms with Crippen molar-refractivity contribution in [3.63, 3.8) is 0 Å². The van der Waals surface area contributed by atoms with Gasteiger partial charge in [-0.05, 0) is 39.9 Å². The van der Waals surface area contributed by atoms with Gasteiger partial charge in [0.2, 0.25) is 0 Å². The van der Waals surface area contributed by atoms with Crippen LogP contribution >= 0.6 is 27.3 Å². The molecule has 0 spiro atoms. The molecule has 0 aromatic carbocycles. The van der Waals surface area contributed by atoms with Crippen LogP contribution in [-0.4, -0.2) is 9.78 Å². The molecule has 2 aromatic heterocycles. The summed E-state index contributed by atoms with van der Waals surface area (Å²) in [5, 5.41) is 6.24. The average Bonchev–Trinajstić information content (AvgIpc) is 2.73. The van der Waals surface area contributed by atoms with E-state index in [0.29, 0.717) is 0 Å². The lowest BCUT2D eigenvalue weighted by Crippen LogP contribution is -2.16. The fourth-order valence-corrected chi connectivity index (χ4v) is 3.12. The van der Waals surface area contributed by atoms with Gasteiger partial charge >= 0.3 is 0 Å². The van der Waals surface area contributed by atoms with Gasteiger partial charge in [0.1, 0.15) is 0 Å². The van der Waals surface area contributed by atoms with E-state index >= 15 is 0 Å². The molecular weight excluding hydrogens is 274 g/mol. The third kappa shape index (κ3) is 1.87. The fraction of sp³-hybridized carbons (Fsp3) is 0.300. The van der Waals surface area contributed by atoms with Gasteiger partial charge in [-0.25, -0.2) is 0 Å². The summed E-state index contributed by atoms with van der Waals surface area (Å²) in [6.45, 7) is 2.08. The zero-order valence-electron chi connectivity index (χ0n) is 8.57. The van der Waals surface area contributed by atoms with Gasteiger partial charge in [0.15, 0.2) is 0 Å². The second-order valence-corrected chi connectivity index (χ2v) is 5.25. The van der Waals surface area contributed by atoms with Crippen LogP contribution in [0.1, 0.15) is 22.2 Å². The van der Waals surface area contributed by atoms with Crippen LogP contribution in [0.5, 0.6) is 0 Å². The molecule has 0 aliphatic rings. The Hall–Kier alpha value is -0.650. The minimum absolute atomic E-state index is 0.105. The fourth-order valence-electron chi connectivity index (χ4n) is 1.60. The molecule has 0 aliphatic heterocycles. The monoisotopic (exact) mass is 285 g/mol. The Morgan fingerprint density at radius 3 is 2.80 bits per heavy atom. The van der Waals surface area contributed by atoms with Gasteiger partial charge < -0.3 is 5.73 Å². The summed E-state index contributed by atoms with van der Waals surface area (Å²) in [6, 6.07) is 1.98. The lowest BCUT2D eigenvalue weighted by atomic mass is 10.1. The SMILES string of the molecule is Cc1ccsc1C(N)c1c(Br)cnn1C. The van der Waals surface area contributed by atoms with Crippen molar-refractivity contribution in [3.8, 4) is 0 Å². The van der Waals surface area contributed by atoms with Gasteiger partial charge in [-0.15, -0.1) is 11.3 Å². The van der Waals surface area contributed by atoms with Crippen molar-refractivity contribution < 1.29 is 0 Å². The first kappa shape index (κ1) is 10.9. The number of aromatic nitrogens is 2. The molecule has 2 rings (SSSR count). The van der Waals surface area contributed by atoms with Gasteiger partial charge in [0, 0.05) is 11.9 Å². The molecule has 15 heavy (non-hydrogen) atoms. The van der Waals surface area contributed by atoms with Crippen molar-refractivity contribution in [2.45, 2.75) is 13.0 Å². The Bertz CT molecular complexity index is 455. The van der Waals surface area contributed by atoms with Gasteiger partial charge in [0.25, 0.3) is 0 Å². The minimum Gasteiger partial charge on any atom is -0.318 e. The average molecular weight is 286 g/mol. The first-order valence-corrected chi connectivity index (χ1v) is 6.25. The number of halogens is 1. The highest BCUT2D eigenvalue weighted by atomic mass is 79.9. The van der Waals surface area contributed by atoms with Gasteiger partial charge in [-0.1, -0.05) is 0 Å². The number of rotatable bonds is 2. The van der Waals surface area contributed by atoms with E-state index < -0.39 is 0 Å². The molecule has 0 amide bonds. The Morgan fingerprint density at radius 1 is 1.60 bits per heavy atom. The van der Waals surface area contributed by atoms with Crippen LogP contribution in [0, 0.1) is 6.92 Å². The Labute approximate surface area is 101 Å². The Balaban J connectivity index is 2.45. The van der Waals surface area contributed by atoms with E-state index in [2.05, 4.69) is 39.4 Å². The number of aryl methyl sites for hydroxylation is 2. The molecule has 80 valence electrons. The van der Waals surface area contributed by atoms with E-state index in [1.807, 2.05) is 11.7 Å². The van der Waals surface area contributed by atoms with Crippen molar-refractivity contribution in [2.24, 2.45) is 12.8 Å². The van der Waals surface area contributed by atoms with E-state index in [1.54, 1.807) is 17.5 Å². The molecule has 1 unspecified atom stereocenters. The second kappa shape index (κ2) is 4.08. The van der Waals surface area contributed by atoms with Crippen LogP contribution < -0.4 is 5.73 Å². The molecule has 2 N–H and O–H groups in total. The third-order valence-corrected chi connectivity index (χ3v) is 4.13. The van der Waals surface area contributed by atoms with Crippen LogP contribution in [0.4, 0.5) is 0 Å². The first-order chi connectivity index (χ1) is 7.11. The van der Waals surface area contributed by atoms with Crippen molar-refractivity contribution in [3.05, 3.63) is 38.3 Å². The first-order valence-electron chi connectivity index (χ1n) is 4.58. The highest BCUT2D eigenvalue weighted by molar-refractivity contribution is 9.10. The van der Waals surface area contributed by atoms with E-state index in [0.717, 1.165) is 10.2 Å². The Kier molecular flexibility index (Phi) is 2.95. The largest absolute Gasteiger partial charge is 0.318 e. The number of hydrogen-bond donors (Lipinski definition) is 1. The number of hydrogen-bond acceptors (Lipinski definition) is 3. The van der Waals surface area contributed by atoms with Crippen LogP contribution in [0.15, 0.2) is 22.1 Å². The third-order valence-electron chi connectivity index (χ3n) is 2.42. The maximum Gasteiger partial charge on any atom is 0.0831 e. The highest BCUT2D eigenvalue weighted by Gasteiger charge is 2.19. The van der Waals surface area contributed by atoms with E-state index in [-0.39, 0.29) is 6.04 Å². The van der Waals surface area contributed by atoms with Crippen molar-refractivity contribution in [2.75, 3.05) is 0 Å². The van der Waals surface area contributed by atoms with Crippen molar-refractivity contribution >= 4 is 27.3 Å². The van der Waals surface area contributed by atoms with E-state index in [4.69, 9.17) is 5.73 Å². The Morgan fingerprint density at radius 2 is 2.33 bits per heavy atom. The number of nitrogens with two attached hydrogens (primary N) is 1. The van der Waals surface area contributed by atoms with E-state index in [1.165, 1.54) is 10.4 Å². The zero-order valence-corrected chi connectivity index (χ0v) is 11.0. The van der Waals surface area contributed by atoms with Gasteiger partial charge in [-0.3, -0.25) is 4.68 Å². The summed E-state index contributed by atoms with van der Waals surface area (Å²) in [7, 11) is 1.91. The van der Waals surface area contributed by atoms with Gasteiger partial charge in [0.05, 0.1) is 22.4 Å². The predicted octanol–water partition coefficient (Wildman–Crippen LogP) is 2.60.